The summed E-state index contributed by atoms with van der Waals surface area (Å²) in [6, 6.07) is 3.76. The first-order chi connectivity index (χ1) is 16.3. The van der Waals surface area contributed by atoms with Crippen molar-refractivity contribution in [1.29, 1.82) is 0 Å². The number of nitrogens with one attached hydrogen (secondary N) is 1. The largest absolute Gasteiger partial charge is 0.468 e. The second-order valence-electron chi connectivity index (χ2n) is 7.30. The summed E-state index contributed by atoms with van der Waals surface area (Å²) in [6.45, 7) is 5.37. The van der Waals surface area contributed by atoms with Crippen LogP contribution in [0.25, 0.3) is 0 Å². The highest BCUT2D eigenvalue weighted by Crippen LogP contribution is 2.48. The smallest absolute Gasteiger partial charge is 0.459 e. The number of hydrogen-bond donors (Lipinski definition) is 2. The lowest BCUT2D eigenvalue weighted by Crippen LogP contribution is -2.36. The van der Waals surface area contributed by atoms with Crippen LogP contribution in [0.5, 0.6) is 17.2 Å². The Labute approximate surface area is 200 Å². The number of benzene rings is 1. The van der Waals surface area contributed by atoms with Gasteiger partial charge in [-0.15, -0.1) is 11.8 Å². The van der Waals surface area contributed by atoms with E-state index in [9.17, 15) is 9.36 Å². The number of fused-ring (bicyclic) bond motifs is 1. The molecule has 0 aromatic heterocycles. The standard InChI is InChI=1S/C20H25N4O8PS/c1-12(20(25)27-3)23-33(26,32-14-4-5-15-16(8-14)29-11-28-15)30-9-19-31-18(10-34-19)24-7-6-17(21)22-13(24)2/h4-8,12,18-19H,2,9-11H2,1,3H3,(H2,21,22)(H,23,26)/t12-,18+,19-,33-/m0/s1. The summed E-state index contributed by atoms with van der Waals surface area (Å²) in [5, 5.41) is 2.60. The first-order valence-electron chi connectivity index (χ1n) is 10.2. The van der Waals surface area contributed by atoms with E-state index in [2.05, 4.69) is 16.7 Å². The van der Waals surface area contributed by atoms with Gasteiger partial charge in [-0.3, -0.25) is 9.32 Å². The van der Waals surface area contributed by atoms with Crippen LogP contribution in [-0.4, -0.2) is 60.7 Å². The van der Waals surface area contributed by atoms with Gasteiger partial charge in [-0.25, -0.2) is 9.56 Å². The van der Waals surface area contributed by atoms with Gasteiger partial charge in [0, 0.05) is 18.0 Å². The van der Waals surface area contributed by atoms with Crippen molar-refractivity contribution in [2.24, 2.45) is 10.7 Å². The zero-order chi connectivity index (χ0) is 24.3. The van der Waals surface area contributed by atoms with Crippen molar-refractivity contribution in [2.75, 3.05) is 26.3 Å². The van der Waals surface area contributed by atoms with Gasteiger partial charge in [-0.2, -0.15) is 5.09 Å². The number of aliphatic imine (C=N–C) groups is 1. The van der Waals surface area contributed by atoms with Crippen LogP contribution in [0.2, 0.25) is 0 Å². The fraction of sp³-hybridized carbons (Fsp3) is 0.400. The highest BCUT2D eigenvalue weighted by molar-refractivity contribution is 8.00. The number of nitrogens with two attached hydrogens (primary N) is 1. The molecule has 34 heavy (non-hydrogen) atoms. The maximum Gasteiger partial charge on any atom is 0.459 e. The minimum Gasteiger partial charge on any atom is -0.468 e. The topological polar surface area (TPSA) is 143 Å². The summed E-state index contributed by atoms with van der Waals surface area (Å²) in [7, 11) is -2.81. The molecule has 184 valence electrons. The Morgan fingerprint density at radius 1 is 1.44 bits per heavy atom. The molecule has 1 saturated heterocycles. The van der Waals surface area contributed by atoms with Gasteiger partial charge in [-0.1, -0.05) is 6.58 Å². The van der Waals surface area contributed by atoms with Crippen LogP contribution in [0.1, 0.15) is 6.92 Å². The predicted molar refractivity (Wildman–Crippen MR) is 124 cm³/mol. The molecule has 4 rings (SSSR count). The molecule has 3 heterocycles. The predicted octanol–water partition coefficient (Wildman–Crippen LogP) is 2.14. The Morgan fingerprint density at radius 2 is 2.24 bits per heavy atom. The fourth-order valence-corrected chi connectivity index (χ4v) is 5.79. The Balaban J connectivity index is 1.41. The summed E-state index contributed by atoms with van der Waals surface area (Å²) in [5.41, 5.74) is 5.22. The molecule has 1 fully saturated rings. The molecule has 0 radical (unpaired) electrons. The highest BCUT2D eigenvalue weighted by Gasteiger charge is 2.37. The second-order valence-corrected chi connectivity index (χ2v) is 10.2. The number of esters is 1. The van der Waals surface area contributed by atoms with Crippen LogP contribution >= 0.6 is 19.5 Å². The number of carbonyl (C=O) groups is 1. The zero-order valence-electron chi connectivity index (χ0n) is 18.5. The molecule has 3 N–H and O–H groups in total. The van der Waals surface area contributed by atoms with E-state index < -0.39 is 25.2 Å². The number of carbonyl (C=O) groups excluding carboxylic acids is 1. The van der Waals surface area contributed by atoms with Gasteiger partial charge in [0.2, 0.25) is 6.79 Å². The molecule has 0 saturated carbocycles. The molecule has 0 bridgehead atoms. The van der Waals surface area contributed by atoms with E-state index in [0.29, 0.717) is 28.9 Å². The van der Waals surface area contributed by atoms with Crippen molar-refractivity contribution in [3.63, 3.8) is 0 Å². The van der Waals surface area contributed by atoms with Crippen LogP contribution in [0.3, 0.4) is 0 Å². The number of nitrogens with zero attached hydrogens (tertiary/aromatic N) is 2. The normalized spacial score (nSPS) is 23.9. The van der Waals surface area contributed by atoms with Crippen LogP contribution in [0.15, 0.2) is 47.9 Å². The molecule has 0 spiro atoms. The SMILES string of the molecule is C=C1N=C(N)C=CN1[C@H]1CS[C@@H](CO[P@@](=O)(N[C@@H](C)C(=O)OC)Oc2ccc3c(c2)OCO3)O1. The van der Waals surface area contributed by atoms with E-state index in [1.807, 2.05) is 0 Å². The Bertz CT molecular complexity index is 1070. The van der Waals surface area contributed by atoms with Gasteiger partial charge in [0.05, 0.1) is 13.7 Å². The fourth-order valence-electron chi connectivity index (χ4n) is 3.21. The van der Waals surface area contributed by atoms with E-state index in [1.165, 1.54) is 31.9 Å². The van der Waals surface area contributed by atoms with E-state index >= 15 is 0 Å². The monoisotopic (exact) mass is 512 g/mol. The van der Waals surface area contributed by atoms with E-state index in [1.54, 1.807) is 29.3 Å². The molecular weight excluding hydrogens is 487 g/mol. The van der Waals surface area contributed by atoms with Crippen molar-refractivity contribution in [2.45, 2.75) is 24.6 Å². The Kier molecular flexibility index (Phi) is 7.39. The average Bonchev–Trinajstić information content (AvgIpc) is 3.46. The molecule has 1 aromatic carbocycles. The lowest BCUT2D eigenvalue weighted by molar-refractivity contribution is -0.142. The van der Waals surface area contributed by atoms with E-state index in [-0.39, 0.29) is 25.4 Å². The van der Waals surface area contributed by atoms with Crippen molar-refractivity contribution in [3.05, 3.63) is 42.9 Å². The third-order valence-corrected chi connectivity index (χ3v) is 7.60. The number of ether oxygens (including phenoxy) is 4. The van der Waals surface area contributed by atoms with Crippen LogP contribution < -0.4 is 24.8 Å². The molecular formula is C20H25N4O8PS. The number of hydrogen-bond acceptors (Lipinski definition) is 12. The van der Waals surface area contributed by atoms with Gasteiger partial charge >= 0.3 is 13.7 Å². The average molecular weight is 512 g/mol. The third kappa shape index (κ3) is 5.68. The third-order valence-electron chi connectivity index (χ3n) is 4.86. The van der Waals surface area contributed by atoms with Crippen LogP contribution in [0, 0.1) is 0 Å². The van der Waals surface area contributed by atoms with E-state index in [4.69, 9.17) is 33.7 Å². The number of methoxy groups -OCH3 is 1. The van der Waals surface area contributed by atoms with Crippen LogP contribution in [-0.2, 0) is 23.4 Å². The van der Waals surface area contributed by atoms with Crippen LogP contribution in [0.4, 0.5) is 0 Å². The summed E-state index contributed by atoms with van der Waals surface area (Å²) >= 11 is 1.46. The van der Waals surface area contributed by atoms with Gasteiger partial charge in [0.1, 0.15) is 35.1 Å². The van der Waals surface area contributed by atoms with Gasteiger partial charge < -0.3 is 34.1 Å². The lowest BCUT2D eigenvalue weighted by atomic mass is 10.3. The second kappa shape index (κ2) is 10.3. The van der Waals surface area contributed by atoms with Crippen molar-refractivity contribution < 1.29 is 37.4 Å². The van der Waals surface area contributed by atoms with Crippen molar-refractivity contribution in [3.8, 4) is 17.2 Å². The Morgan fingerprint density at radius 3 is 3.00 bits per heavy atom. The summed E-state index contributed by atoms with van der Waals surface area (Å²) in [4.78, 5) is 17.8. The number of rotatable bonds is 9. The summed E-state index contributed by atoms with van der Waals surface area (Å²) < 4.78 is 46.2. The summed E-state index contributed by atoms with van der Waals surface area (Å²) in [5.74, 6) is 1.98. The molecule has 14 heteroatoms. The molecule has 0 amide bonds. The molecule has 4 atom stereocenters. The molecule has 3 aliphatic heterocycles. The first kappa shape index (κ1) is 24.4. The minimum atomic E-state index is -4.04. The maximum absolute atomic E-state index is 13.6. The number of thioether (sulfide) groups is 1. The molecule has 12 nitrogen and oxygen atoms in total. The molecule has 0 unspecified atom stereocenters. The minimum absolute atomic E-state index is 0.0819. The molecule has 1 aromatic rings. The Hall–Kier alpha value is -2.70. The molecule has 3 aliphatic rings. The van der Waals surface area contributed by atoms with Crippen molar-refractivity contribution >= 4 is 31.3 Å². The van der Waals surface area contributed by atoms with Gasteiger partial charge in [-0.05, 0) is 25.1 Å². The maximum atomic E-state index is 13.6. The zero-order valence-corrected chi connectivity index (χ0v) is 20.3. The van der Waals surface area contributed by atoms with Crippen molar-refractivity contribution in [1.82, 2.24) is 9.99 Å². The lowest BCUT2D eigenvalue weighted by Gasteiger charge is -2.28. The quantitative estimate of drug-likeness (QED) is 0.370. The summed E-state index contributed by atoms with van der Waals surface area (Å²) in [6.07, 6.45) is 3.04. The van der Waals surface area contributed by atoms with E-state index in [0.717, 1.165) is 0 Å². The highest BCUT2D eigenvalue weighted by atomic mass is 32.2. The van der Waals surface area contributed by atoms with Gasteiger partial charge in [0.15, 0.2) is 11.5 Å². The first-order valence-corrected chi connectivity index (χ1v) is 12.8. The molecule has 0 aliphatic carbocycles. The van der Waals surface area contributed by atoms with Gasteiger partial charge in [0.25, 0.3) is 0 Å². The number of amidine groups is 1.